The van der Waals surface area contributed by atoms with E-state index >= 15 is 0 Å². The average molecular weight is 180 g/mol. The molecule has 68 valence electrons. The van der Waals surface area contributed by atoms with E-state index in [1.54, 1.807) is 7.11 Å². The number of nitrogens with one attached hydrogen (secondary N) is 1. The van der Waals surface area contributed by atoms with Crippen LogP contribution in [-0.4, -0.2) is 31.2 Å². The Kier molecular flexibility index (Phi) is 5.06. The minimum atomic E-state index is -0.000494. The van der Waals surface area contributed by atoms with E-state index in [-0.39, 0.29) is 5.54 Å². The number of halogens is 1. The Labute approximate surface area is 74.3 Å². The maximum atomic E-state index is 5.73. The summed E-state index contributed by atoms with van der Waals surface area (Å²) in [5.41, 5.74) is -0.000494. The van der Waals surface area contributed by atoms with Crippen LogP contribution in [0.2, 0.25) is 0 Å². The zero-order valence-corrected chi connectivity index (χ0v) is 8.53. The van der Waals surface area contributed by atoms with Crippen LogP contribution in [0.1, 0.15) is 20.8 Å². The highest BCUT2D eigenvalue weighted by atomic mass is 35.5. The standard InChI is InChI=1S/C8H18ClNO/c1-7(5-11-4)10-8(2,3)6-9/h7,10H,5-6H2,1-4H3. The molecule has 0 aliphatic heterocycles. The highest BCUT2D eigenvalue weighted by Crippen LogP contribution is 2.05. The lowest BCUT2D eigenvalue weighted by molar-refractivity contribution is 0.160. The lowest BCUT2D eigenvalue weighted by Crippen LogP contribution is -2.47. The number of hydrogen-bond acceptors (Lipinski definition) is 2. The molecule has 0 aromatic carbocycles. The Morgan fingerprint density at radius 2 is 2.09 bits per heavy atom. The lowest BCUT2D eigenvalue weighted by atomic mass is 10.1. The largest absolute Gasteiger partial charge is 0.383 e. The maximum Gasteiger partial charge on any atom is 0.0613 e. The molecule has 0 saturated carbocycles. The van der Waals surface area contributed by atoms with Gasteiger partial charge in [-0.2, -0.15) is 0 Å². The van der Waals surface area contributed by atoms with Crippen LogP contribution in [-0.2, 0) is 4.74 Å². The monoisotopic (exact) mass is 179 g/mol. The molecule has 0 spiro atoms. The van der Waals surface area contributed by atoms with Gasteiger partial charge in [-0.05, 0) is 20.8 Å². The number of ether oxygens (including phenoxy) is 1. The summed E-state index contributed by atoms with van der Waals surface area (Å²) in [7, 11) is 1.70. The highest BCUT2D eigenvalue weighted by Gasteiger charge is 2.17. The van der Waals surface area contributed by atoms with Crippen LogP contribution in [0, 0.1) is 0 Å². The summed E-state index contributed by atoms with van der Waals surface area (Å²) < 4.78 is 4.99. The van der Waals surface area contributed by atoms with Crippen LogP contribution in [0.4, 0.5) is 0 Å². The van der Waals surface area contributed by atoms with E-state index in [1.807, 2.05) is 0 Å². The summed E-state index contributed by atoms with van der Waals surface area (Å²) in [6.07, 6.45) is 0. The molecule has 2 nitrogen and oxygen atoms in total. The van der Waals surface area contributed by atoms with Gasteiger partial charge in [0.25, 0.3) is 0 Å². The van der Waals surface area contributed by atoms with Gasteiger partial charge >= 0.3 is 0 Å². The summed E-state index contributed by atoms with van der Waals surface area (Å²) in [6, 6.07) is 0.355. The maximum absolute atomic E-state index is 5.73. The van der Waals surface area contributed by atoms with Crippen molar-refractivity contribution in [1.29, 1.82) is 0 Å². The van der Waals surface area contributed by atoms with Crippen molar-refractivity contribution >= 4 is 11.6 Å². The molecule has 0 radical (unpaired) electrons. The molecule has 3 heteroatoms. The van der Waals surface area contributed by atoms with Crippen molar-refractivity contribution in [2.24, 2.45) is 0 Å². The van der Waals surface area contributed by atoms with E-state index in [2.05, 4.69) is 26.1 Å². The van der Waals surface area contributed by atoms with Crippen molar-refractivity contribution in [3.63, 3.8) is 0 Å². The Morgan fingerprint density at radius 1 is 1.55 bits per heavy atom. The topological polar surface area (TPSA) is 21.3 Å². The Bertz CT molecular complexity index is 106. The third-order valence-corrected chi connectivity index (χ3v) is 2.06. The molecule has 0 rings (SSSR count). The van der Waals surface area contributed by atoms with Gasteiger partial charge in [-0.3, -0.25) is 0 Å². The second-order valence-electron chi connectivity index (χ2n) is 3.52. The van der Waals surface area contributed by atoms with Gasteiger partial charge in [0.15, 0.2) is 0 Å². The summed E-state index contributed by atoms with van der Waals surface area (Å²) >= 11 is 5.73. The molecule has 1 N–H and O–H groups in total. The van der Waals surface area contributed by atoms with Crippen LogP contribution in [0.3, 0.4) is 0 Å². The molecule has 0 amide bonds. The molecule has 0 bridgehead atoms. The Hall–Kier alpha value is 0.210. The van der Waals surface area contributed by atoms with Gasteiger partial charge in [-0.15, -0.1) is 11.6 Å². The minimum Gasteiger partial charge on any atom is -0.383 e. The average Bonchev–Trinajstić information content (AvgIpc) is 1.87. The third kappa shape index (κ3) is 5.48. The van der Waals surface area contributed by atoms with E-state index in [0.717, 1.165) is 6.61 Å². The number of methoxy groups -OCH3 is 1. The van der Waals surface area contributed by atoms with E-state index < -0.39 is 0 Å². The molecule has 0 aromatic rings. The molecule has 0 aliphatic carbocycles. The Balaban J connectivity index is 3.64. The van der Waals surface area contributed by atoms with Crippen LogP contribution >= 0.6 is 11.6 Å². The van der Waals surface area contributed by atoms with Crippen molar-refractivity contribution < 1.29 is 4.74 Å². The second-order valence-corrected chi connectivity index (χ2v) is 3.79. The zero-order valence-electron chi connectivity index (χ0n) is 7.78. The van der Waals surface area contributed by atoms with Gasteiger partial charge in [-0.25, -0.2) is 0 Å². The molecule has 0 fully saturated rings. The number of hydrogen-bond donors (Lipinski definition) is 1. The molecule has 11 heavy (non-hydrogen) atoms. The van der Waals surface area contributed by atoms with Crippen LogP contribution in [0.5, 0.6) is 0 Å². The summed E-state index contributed by atoms with van der Waals surface area (Å²) in [5.74, 6) is 0.612. The van der Waals surface area contributed by atoms with Gasteiger partial charge in [0.05, 0.1) is 6.61 Å². The van der Waals surface area contributed by atoms with Crippen LogP contribution in [0.15, 0.2) is 0 Å². The molecular formula is C8H18ClNO. The molecule has 1 atom stereocenters. The number of alkyl halides is 1. The quantitative estimate of drug-likeness (QED) is 0.648. The molecule has 0 aromatic heterocycles. The summed E-state index contributed by atoms with van der Waals surface area (Å²) in [6.45, 7) is 6.95. The van der Waals surface area contributed by atoms with Crippen molar-refractivity contribution in [3.05, 3.63) is 0 Å². The predicted octanol–water partition coefficient (Wildman–Crippen LogP) is 1.63. The van der Waals surface area contributed by atoms with E-state index in [1.165, 1.54) is 0 Å². The van der Waals surface area contributed by atoms with E-state index in [4.69, 9.17) is 16.3 Å². The van der Waals surface area contributed by atoms with Crippen molar-refractivity contribution in [2.45, 2.75) is 32.4 Å². The summed E-state index contributed by atoms with van der Waals surface area (Å²) in [4.78, 5) is 0. The minimum absolute atomic E-state index is 0.000494. The van der Waals surface area contributed by atoms with Gasteiger partial charge in [0.2, 0.25) is 0 Å². The van der Waals surface area contributed by atoms with Gasteiger partial charge < -0.3 is 10.1 Å². The zero-order chi connectivity index (χ0) is 8.91. The Morgan fingerprint density at radius 3 is 2.45 bits per heavy atom. The molecule has 0 heterocycles. The van der Waals surface area contributed by atoms with Crippen molar-refractivity contribution in [1.82, 2.24) is 5.32 Å². The molecule has 0 saturated heterocycles. The highest BCUT2D eigenvalue weighted by molar-refractivity contribution is 6.18. The van der Waals surface area contributed by atoms with Gasteiger partial charge in [0, 0.05) is 24.6 Å². The fourth-order valence-corrected chi connectivity index (χ4v) is 1.07. The SMILES string of the molecule is COCC(C)NC(C)(C)CCl. The first-order chi connectivity index (χ1) is 5.02. The summed E-state index contributed by atoms with van der Waals surface area (Å²) in [5, 5.41) is 3.35. The van der Waals surface area contributed by atoms with Gasteiger partial charge in [-0.1, -0.05) is 0 Å². The second kappa shape index (κ2) is 4.96. The van der Waals surface area contributed by atoms with Crippen LogP contribution < -0.4 is 5.32 Å². The third-order valence-electron chi connectivity index (χ3n) is 1.39. The van der Waals surface area contributed by atoms with E-state index in [0.29, 0.717) is 11.9 Å². The fraction of sp³-hybridized carbons (Fsp3) is 1.00. The number of rotatable bonds is 5. The van der Waals surface area contributed by atoms with Crippen molar-refractivity contribution in [2.75, 3.05) is 19.6 Å². The first-order valence-corrected chi connectivity index (χ1v) is 4.38. The fourth-order valence-electron chi connectivity index (χ4n) is 0.997. The first kappa shape index (κ1) is 11.2. The molecule has 0 aliphatic rings. The molecule has 1 unspecified atom stereocenters. The van der Waals surface area contributed by atoms with Gasteiger partial charge in [0.1, 0.15) is 0 Å². The molecular weight excluding hydrogens is 162 g/mol. The van der Waals surface area contributed by atoms with E-state index in [9.17, 15) is 0 Å². The first-order valence-electron chi connectivity index (χ1n) is 3.84. The van der Waals surface area contributed by atoms with Crippen molar-refractivity contribution in [3.8, 4) is 0 Å². The smallest absolute Gasteiger partial charge is 0.0613 e. The lowest BCUT2D eigenvalue weighted by Gasteiger charge is -2.27. The van der Waals surface area contributed by atoms with Crippen LogP contribution in [0.25, 0.3) is 0 Å². The predicted molar refractivity (Wildman–Crippen MR) is 49.3 cm³/mol. The normalized spacial score (nSPS) is 15.0.